The average molecular weight is 764 g/mol. The third-order valence-electron chi connectivity index (χ3n) is 9.89. The van der Waals surface area contributed by atoms with Gasteiger partial charge >= 0.3 is 0 Å². The minimum atomic E-state index is -0.252. The van der Waals surface area contributed by atoms with Gasteiger partial charge in [0.25, 0.3) is 11.1 Å². The molecule has 0 saturated carbocycles. The van der Waals surface area contributed by atoms with Gasteiger partial charge in [0.15, 0.2) is 0 Å². The lowest BCUT2D eigenvalue weighted by molar-refractivity contribution is -0.120. The van der Waals surface area contributed by atoms with Crippen molar-refractivity contribution in [1.29, 1.82) is 0 Å². The summed E-state index contributed by atoms with van der Waals surface area (Å²) < 4.78 is 3.01. The van der Waals surface area contributed by atoms with Gasteiger partial charge in [0.1, 0.15) is 11.3 Å². The van der Waals surface area contributed by atoms with Crippen molar-refractivity contribution < 1.29 is 9.59 Å². The molecule has 6 aromatic rings. The molecular weight excluding hydrogens is 727 g/mol. The molecule has 2 amide bonds. The molecule has 8 rings (SSSR count). The molecule has 12 nitrogen and oxygen atoms in total. The van der Waals surface area contributed by atoms with E-state index in [-0.39, 0.29) is 35.0 Å². The van der Waals surface area contributed by atoms with Crippen molar-refractivity contribution in [3.63, 3.8) is 0 Å². The number of halogens is 2. The Morgan fingerprint density at radius 2 is 1.04 bits per heavy atom. The summed E-state index contributed by atoms with van der Waals surface area (Å²) in [6, 6.07) is 21.6. The van der Waals surface area contributed by atoms with E-state index in [1.807, 2.05) is 48.5 Å². The Kier molecular flexibility index (Phi) is 9.99. The summed E-state index contributed by atoms with van der Waals surface area (Å²) in [4.78, 5) is 59.2. The van der Waals surface area contributed by atoms with Crippen LogP contribution in [-0.4, -0.2) is 55.8 Å². The van der Waals surface area contributed by atoms with Gasteiger partial charge in [0, 0.05) is 97.9 Å². The van der Waals surface area contributed by atoms with Crippen molar-refractivity contribution in [1.82, 2.24) is 40.0 Å². The van der Waals surface area contributed by atoms with Crippen molar-refractivity contribution in [2.24, 2.45) is 0 Å². The molecule has 0 radical (unpaired) electrons. The minimum absolute atomic E-state index is 0.0771. The third kappa shape index (κ3) is 7.38. The second kappa shape index (κ2) is 15.2. The van der Waals surface area contributed by atoms with Gasteiger partial charge in [-0.3, -0.25) is 28.0 Å². The first-order chi connectivity index (χ1) is 26.2. The number of pyridine rings is 2. The Morgan fingerprint density at radius 3 is 1.44 bits per heavy atom. The van der Waals surface area contributed by atoms with E-state index in [0.717, 1.165) is 24.0 Å². The number of rotatable bonds is 11. The van der Waals surface area contributed by atoms with Gasteiger partial charge in [-0.1, -0.05) is 71.7 Å². The quantitative estimate of drug-likeness (QED) is 0.148. The number of benzene rings is 2. The number of amides is 2. The van der Waals surface area contributed by atoms with Crippen LogP contribution in [0.25, 0.3) is 44.9 Å². The molecule has 0 unspecified atom stereocenters. The van der Waals surface area contributed by atoms with Crippen LogP contribution >= 0.6 is 23.2 Å². The maximum atomic E-state index is 13.4. The summed E-state index contributed by atoms with van der Waals surface area (Å²) in [5, 5.41) is 13.3. The Labute approximate surface area is 319 Å². The summed E-state index contributed by atoms with van der Waals surface area (Å²) in [7, 11) is 0. The second-order valence-electron chi connectivity index (χ2n) is 13.7. The van der Waals surface area contributed by atoms with Gasteiger partial charge in [0.2, 0.25) is 11.8 Å². The van der Waals surface area contributed by atoms with E-state index in [2.05, 4.69) is 21.3 Å². The molecule has 54 heavy (non-hydrogen) atoms. The molecule has 0 bridgehead atoms. The van der Waals surface area contributed by atoms with E-state index in [0.29, 0.717) is 94.0 Å². The lowest BCUT2D eigenvalue weighted by atomic mass is 9.98. The zero-order chi connectivity index (χ0) is 37.3. The number of carbonyl (C=O) groups is 2. The molecular formula is C40H36Cl2N8O4. The highest BCUT2D eigenvalue weighted by atomic mass is 35.5. The molecule has 2 saturated heterocycles. The Bertz CT molecular complexity index is 2390. The maximum Gasteiger partial charge on any atom is 0.258 e. The van der Waals surface area contributed by atoms with E-state index >= 15 is 0 Å². The van der Waals surface area contributed by atoms with Gasteiger partial charge < -0.3 is 21.3 Å². The van der Waals surface area contributed by atoms with Crippen LogP contribution in [0, 0.1) is 0 Å². The summed E-state index contributed by atoms with van der Waals surface area (Å²) in [6.45, 7) is 2.38. The molecule has 2 fully saturated rings. The molecule has 6 heterocycles. The van der Waals surface area contributed by atoms with E-state index in [4.69, 9.17) is 33.2 Å². The monoisotopic (exact) mass is 762 g/mol. The van der Waals surface area contributed by atoms with E-state index in [9.17, 15) is 19.2 Å². The number of hydrogen-bond acceptors (Lipinski definition) is 8. The fraction of sp³-hybridized carbons (Fsp3) is 0.250. The average Bonchev–Trinajstić information content (AvgIpc) is 3.78. The molecule has 274 valence electrons. The highest BCUT2D eigenvalue weighted by Gasteiger charge is 2.22. The van der Waals surface area contributed by atoms with Crippen LogP contribution < -0.4 is 32.4 Å². The number of nitrogens with zero attached hydrogens (tertiary/aromatic N) is 4. The number of nitrogens with one attached hydrogen (secondary N) is 4. The Morgan fingerprint density at radius 1 is 0.611 bits per heavy atom. The van der Waals surface area contributed by atoms with E-state index in [1.54, 1.807) is 24.5 Å². The summed E-state index contributed by atoms with van der Waals surface area (Å²) >= 11 is 14.1. The number of hydrogen-bond donors (Lipinski definition) is 4. The largest absolute Gasteiger partial charge is 0.352 e. The van der Waals surface area contributed by atoms with Crippen molar-refractivity contribution in [2.75, 3.05) is 13.1 Å². The molecule has 2 aliphatic heterocycles. The summed E-state index contributed by atoms with van der Waals surface area (Å²) in [5.41, 5.74) is 5.51. The molecule has 4 aromatic heterocycles. The van der Waals surface area contributed by atoms with Crippen molar-refractivity contribution >= 4 is 46.3 Å². The van der Waals surface area contributed by atoms with Crippen LogP contribution in [0.1, 0.15) is 36.8 Å². The normalized spacial score (nSPS) is 17.0. The van der Waals surface area contributed by atoms with Crippen LogP contribution in [0.15, 0.2) is 94.8 Å². The zero-order valence-electron chi connectivity index (χ0n) is 29.1. The molecule has 0 spiro atoms. The van der Waals surface area contributed by atoms with Crippen molar-refractivity contribution in [3.8, 4) is 33.6 Å². The minimum Gasteiger partial charge on any atom is -0.352 e. The van der Waals surface area contributed by atoms with E-state index in [1.165, 1.54) is 20.9 Å². The summed E-state index contributed by atoms with van der Waals surface area (Å²) in [5.74, 6) is 0.154. The predicted octanol–water partition coefficient (Wildman–Crippen LogP) is 4.75. The van der Waals surface area contributed by atoms with Gasteiger partial charge in [-0.05, 0) is 36.1 Å². The molecule has 4 N–H and O–H groups in total. The third-order valence-corrected chi connectivity index (χ3v) is 10.7. The number of aromatic nitrogens is 4. The lowest BCUT2D eigenvalue weighted by Crippen LogP contribution is -2.35. The first-order valence-corrected chi connectivity index (χ1v) is 18.6. The number of fused-ring (bicyclic) bond motifs is 2. The molecule has 2 atom stereocenters. The van der Waals surface area contributed by atoms with Crippen molar-refractivity contribution in [2.45, 2.75) is 50.9 Å². The van der Waals surface area contributed by atoms with Gasteiger partial charge in [-0.25, -0.2) is 9.97 Å². The van der Waals surface area contributed by atoms with Crippen LogP contribution in [0.5, 0.6) is 0 Å². The van der Waals surface area contributed by atoms with Crippen LogP contribution in [0.3, 0.4) is 0 Å². The fourth-order valence-electron chi connectivity index (χ4n) is 7.10. The Hall–Kier alpha value is -5.40. The SMILES string of the molecule is O=C1CC[C@H](CNCc2ccc3nc(-c4cccc(-c5cccc(-c6cc(=O)n7cc(CNC[C@@H]8CCC(=O)N8)ccc7n6)c5Cl)c4Cl)cc(=O)n3c2)N1. The highest BCUT2D eigenvalue weighted by molar-refractivity contribution is 6.39. The van der Waals surface area contributed by atoms with Gasteiger partial charge in [-0.2, -0.15) is 0 Å². The first kappa shape index (κ1) is 35.6. The van der Waals surface area contributed by atoms with Crippen molar-refractivity contribution in [3.05, 3.63) is 127 Å². The molecule has 2 aromatic carbocycles. The maximum absolute atomic E-state index is 13.4. The summed E-state index contributed by atoms with van der Waals surface area (Å²) in [6.07, 6.45) is 6.26. The molecule has 0 aliphatic carbocycles. The smallest absolute Gasteiger partial charge is 0.258 e. The van der Waals surface area contributed by atoms with Gasteiger partial charge in [0.05, 0.1) is 21.4 Å². The van der Waals surface area contributed by atoms with Crippen LogP contribution in [0.4, 0.5) is 0 Å². The first-order valence-electron chi connectivity index (χ1n) is 17.8. The van der Waals surface area contributed by atoms with Crippen LogP contribution in [-0.2, 0) is 22.7 Å². The Balaban J connectivity index is 1.03. The molecule has 14 heteroatoms. The fourth-order valence-corrected chi connectivity index (χ4v) is 7.75. The van der Waals surface area contributed by atoms with Crippen LogP contribution in [0.2, 0.25) is 10.0 Å². The zero-order valence-corrected chi connectivity index (χ0v) is 30.6. The lowest BCUT2D eigenvalue weighted by Gasteiger charge is -2.14. The standard InChI is InChI=1S/C40H36Cl2N8O4/c41-39-27(3-1-5-29(39)31-15-37(53)49-21-23(7-11-33(49)47-31)17-43-19-25-9-13-35(51)45-25)28-4-2-6-30(40(28)42)32-16-38(54)50-22-24(8-12-34(50)48-32)18-44-20-26-10-14-36(52)46-26/h1-8,11-12,15-16,21-22,25-26,43-44H,9-10,13-14,17-20H2,(H,45,51)(H,46,52)/t25-,26+. The van der Waals surface area contributed by atoms with E-state index < -0.39 is 0 Å². The predicted molar refractivity (Wildman–Crippen MR) is 209 cm³/mol. The second-order valence-corrected chi connectivity index (χ2v) is 14.4. The highest BCUT2D eigenvalue weighted by Crippen LogP contribution is 2.41. The number of carbonyl (C=O) groups excluding carboxylic acids is 2. The topological polar surface area (TPSA) is 151 Å². The molecule has 2 aliphatic rings. The van der Waals surface area contributed by atoms with Gasteiger partial charge in [-0.15, -0.1) is 0 Å².